The Balaban J connectivity index is 2.38. The molecular formula is C5H8N4O. The lowest BCUT2D eigenvalue weighted by atomic mass is 10.2. The molecule has 10 heavy (non-hydrogen) atoms. The van der Waals surface area contributed by atoms with Crippen molar-refractivity contribution < 1.29 is 4.84 Å². The molecule has 5 nitrogen and oxygen atoms in total. The quantitative estimate of drug-likeness (QED) is 0.325. The van der Waals surface area contributed by atoms with E-state index >= 15 is 0 Å². The minimum Gasteiger partial charge on any atom is -0.396 e. The highest BCUT2D eigenvalue weighted by molar-refractivity contribution is 5.86. The lowest BCUT2D eigenvalue weighted by molar-refractivity contribution is 0.131. The van der Waals surface area contributed by atoms with E-state index in [1.165, 1.54) is 0 Å². The first-order chi connectivity index (χ1) is 4.93. The van der Waals surface area contributed by atoms with Gasteiger partial charge in [-0.1, -0.05) is 10.3 Å². The van der Waals surface area contributed by atoms with Crippen molar-refractivity contribution in [1.82, 2.24) is 0 Å². The molecular weight excluding hydrogens is 132 g/mol. The summed E-state index contributed by atoms with van der Waals surface area (Å²) in [5.41, 5.74) is 8.80. The predicted octanol–water partition coefficient (Wildman–Crippen LogP) is 1.46. The Hall–Kier alpha value is -1.22. The average molecular weight is 140 g/mol. The van der Waals surface area contributed by atoms with Crippen LogP contribution < -0.4 is 0 Å². The molecule has 0 aromatic rings. The van der Waals surface area contributed by atoms with Crippen LogP contribution in [0.2, 0.25) is 0 Å². The van der Waals surface area contributed by atoms with Gasteiger partial charge in [0.2, 0.25) is 0 Å². The minimum atomic E-state index is 0.344. The Labute approximate surface area is 58.3 Å². The Kier molecular flexibility index (Phi) is 2.58. The Morgan fingerprint density at radius 2 is 2.70 bits per heavy atom. The molecule has 0 radical (unpaired) electrons. The monoisotopic (exact) mass is 140 g/mol. The van der Waals surface area contributed by atoms with Crippen LogP contribution in [0.15, 0.2) is 10.3 Å². The van der Waals surface area contributed by atoms with E-state index in [4.69, 9.17) is 10.4 Å². The number of hydrogen-bond donors (Lipinski definition) is 0. The maximum atomic E-state index is 7.96. The zero-order valence-corrected chi connectivity index (χ0v) is 5.53. The Morgan fingerprint density at radius 3 is 3.30 bits per heavy atom. The summed E-state index contributed by atoms with van der Waals surface area (Å²) >= 11 is 0. The van der Waals surface area contributed by atoms with Crippen molar-refractivity contribution in [3.8, 4) is 0 Å². The van der Waals surface area contributed by atoms with Gasteiger partial charge in [-0.05, 0) is 18.4 Å². The summed E-state index contributed by atoms with van der Waals surface area (Å²) in [4.78, 5) is 7.40. The average Bonchev–Trinajstić information content (AvgIpc) is 2.03. The smallest absolute Gasteiger partial charge is 0.117 e. The van der Waals surface area contributed by atoms with Crippen LogP contribution in [0, 0.1) is 0 Å². The highest BCUT2D eigenvalue weighted by Crippen LogP contribution is 2.02. The fourth-order valence-electron chi connectivity index (χ4n) is 0.745. The highest BCUT2D eigenvalue weighted by Gasteiger charge is 2.03. The molecule has 54 valence electrons. The standard InChI is InChI=1S/C5H8N4O/c6-9-7-4-5-2-1-3-10-8-5/h1-4H2. The van der Waals surface area contributed by atoms with E-state index in [1.54, 1.807) is 0 Å². The molecule has 1 heterocycles. The van der Waals surface area contributed by atoms with Crippen LogP contribution in [-0.4, -0.2) is 18.9 Å². The van der Waals surface area contributed by atoms with Crippen LogP contribution in [-0.2, 0) is 4.84 Å². The Bertz CT molecular complexity index is 182. The third-order valence-electron chi connectivity index (χ3n) is 1.21. The van der Waals surface area contributed by atoms with Crippen molar-refractivity contribution in [2.45, 2.75) is 12.8 Å². The van der Waals surface area contributed by atoms with Gasteiger partial charge >= 0.3 is 0 Å². The van der Waals surface area contributed by atoms with Gasteiger partial charge in [-0.15, -0.1) is 0 Å². The molecule has 5 heteroatoms. The molecule has 0 aromatic heterocycles. The number of oxime groups is 1. The molecule has 0 atom stereocenters. The summed E-state index contributed by atoms with van der Waals surface area (Å²) in [6.07, 6.45) is 1.86. The molecule has 0 unspecified atom stereocenters. The number of nitrogens with zero attached hydrogens (tertiary/aromatic N) is 4. The van der Waals surface area contributed by atoms with Gasteiger partial charge in [-0.3, -0.25) is 0 Å². The van der Waals surface area contributed by atoms with Crippen molar-refractivity contribution in [2.24, 2.45) is 10.3 Å². The van der Waals surface area contributed by atoms with E-state index < -0.39 is 0 Å². The molecule has 0 saturated carbocycles. The van der Waals surface area contributed by atoms with Crippen LogP contribution in [0.25, 0.3) is 10.4 Å². The largest absolute Gasteiger partial charge is 0.396 e. The van der Waals surface area contributed by atoms with Gasteiger partial charge in [0.25, 0.3) is 0 Å². The first-order valence-electron chi connectivity index (χ1n) is 3.12. The molecule has 0 N–H and O–H groups in total. The third kappa shape index (κ3) is 1.95. The SMILES string of the molecule is [N-]=[N+]=NCC1=NOCCC1. The fraction of sp³-hybridized carbons (Fsp3) is 0.800. The first kappa shape index (κ1) is 6.89. The zero-order chi connectivity index (χ0) is 7.23. The lowest BCUT2D eigenvalue weighted by Crippen LogP contribution is -2.10. The maximum Gasteiger partial charge on any atom is 0.117 e. The molecule has 0 spiro atoms. The molecule has 0 amide bonds. The fourth-order valence-corrected chi connectivity index (χ4v) is 0.745. The van der Waals surface area contributed by atoms with Crippen molar-refractivity contribution in [1.29, 1.82) is 0 Å². The molecule has 0 fully saturated rings. The summed E-state index contributed by atoms with van der Waals surface area (Å²) in [5.74, 6) is 0. The van der Waals surface area contributed by atoms with E-state index in [-0.39, 0.29) is 0 Å². The van der Waals surface area contributed by atoms with Gasteiger partial charge in [0.05, 0.1) is 12.3 Å². The van der Waals surface area contributed by atoms with Crippen molar-refractivity contribution in [2.75, 3.05) is 13.2 Å². The molecule has 0 aromatic carbocycles. The summed E-state index contributed by atoms with van der Waals surface area (Å²) in [5, 5.41) is 7.08. The number of azide groups is 1. The van der Waals surface area contributed by atoms with Crippen LogP contribution in [0.5, 0.6) is 0 Å². The van der Waals surface area contributed by atoms with Crippen molar-refractivity contribution >= 4 is 5.71 Å². The van der Waals surface area contributed by atoms with E-state index in [0.29, 0.717) is 13.2 Å². The van der Waals surface area contributed by atoms with Gasteiger partial charge in [0.1, 0.15) is 6.61 Å². The highest BCUT2D eigenvalue weighted by atomic mass is 16.6. The van der Waals surface area contributed by atoms with Gasteiger partial charge < -0.3 is 4.84 Å². The van der Waals surface area contributed by atoms with E-state index in [2.05, 4.69) is 15.2 Å². The number of rotatable bonds is 2. The van der Waals surface area contributed by atoms with E-state index in [0.717, 1.165) is 18.6 Å². The molecule has 0 saturated heterocycles. The van der Waals surface area contributed by atoms with Crippen LogP contribution in [0.1, 0.15) is 12.8 Å². The molecule has 0 bridgehead atoms. The summed E-state index contributed by atoms with van der Waals surface area (Å²) in [7, 11) is 0. The Morgan fingerprint density at radius 1 is 1.80 bits per heavy atom. The van der Waals surface area contributed by atoms with Crippen molar-refractivity contribution in [3.05, 3.63) is 10.4 Å². The normalized spacial score (nSPS) is 16.6. The second-order valence-electron chi connectivity index (χ2n) is 1.98. The third-order valence-corrected chi connectivity index (χ3v) is 1.21. The van der Waals surface area contributed by atoms with Crippen molar-refractivity contribution in [3.63, 3.8) is 0 Å². The topological polar surface area (TPSA) is 70.4 Å². The molecule has 1 aliphatic heterocycles. The van der Waals surface area contributed by atoms with Gasteiger partial charge in [-0.2, -0.15) is 0 Å². The van der Waals surface area contributed by atoms with Crippen LogP contribution in [0.3, 0.4) is 0 Å². The molecule has 1 rings (SSSR count). The van der Waals surface area contributed by atoms with Gasteiger partial charge in [0.15, 0.2) is 0 Å². The summed E-state index contributed by atoms with van der Waals surface area (Å²) in [6, 6.07) is 0. The van der Waals surface area contributed by atoms with Gasteiger partial charge in [-0.25, -0.2) is 0 Å². The second kappa shape index (κ2) is 3.74. The summed E-state index contributed by atoms with van der Waals surface area (Å²) < 4.78 is 0. The maximum absolute atomic E-state index is 7.96. The van der Waals surface area contributed by atoms with Gasteiger partial charge in [0, 0.05) is 4.91 Å². The van der Waals surface area contributed by atoms with Crippen LogP contribution in [0.4, 0.5) is 0 Å². The zero-order valence-electron chi connectivity index (χ0n) is 5.53. The molecule has 1 aliphatic rings. The first-order valence-corrected chi connectivity index (χ1v) is 3.12. The predicted molar refractivity (Wildman–Crippen MR) is 36.6 cm³/mol. The summed E-state index contributed by atoms with van der Waals surface area (Å²) in [6.45, 7) is 1.02. The van der Waals surface area contributed by atoms with E-state index in [1.807, 2.05) is 0 Å². The molecule has 0 aliphatic carbocycles. The minimum absolute atomic E-state index is 0.344. The van der Waals surface area contributed by atoms with Crippen LogP contribution >= 0.6 is 0 Å². The number of hydrogen-bond acceptors (Lipinski definition) is 3. The lowest BCUT2D eigenvalue weighted by Gasteiger charge is -2.08. The second-order valence-corrected chi connectivity index (χ2v) is 1.98. The van der Waals surface area contributed by atoms with E-state index in [9.17, 15) is 0 Å².